The van der Waals surface area contributed by atoms with Crippen molar-refractivity contribution < 1.29 is 9.21 Å². The Hall–Kier alpha value is -2.04. The minimum absolute atomic E-state index is 0.195. The zero-order valence-corrected chi connectivity index (χ0v) is 11.5. The van der Waals surface area contributed by atoms with Gasteiger partial charge in [-0.05, 0) is 31.9 Å². The van der Waals surface area contributed by atoms with Crippen molar-refractivity contribution in [3.05, 3.63) is 24.3 Å². The van der Waals surface area contributed by atoms with Crippen LogP contribution in [0.1, 0.15) is 19.8 Å². The standard InChI is InChI=1S/C15H17N3O2/c1-10-14(19)17-8-4-5-11(17)9-18(10)15-16-12-6-2-3-7-13(12)20-15/h2-3,6-7,10-11H,4-5,8-9H2,1H3/t10-,11+/m0/s1. The third-order valence-electron chi connectivity index (χ3n) is 4.42. The molecule has 2 fully saturated rings. The predicted molar refractivity (Wildman–Crippen MR) is 75.6 cm³/mol. The molecule has 1 aromatic heterocycles. The maximum absolute atomic E-state index is 12.4. The summed E-state index contributed by atoms with van der Waals surface area (Å²) in [4.78, 5) is 21.0. The first kappa shape index (κ1) is 11.8. The summed E-state index contributed by atoms with van der Waals surface area (Å²) in [5.74, 6) is 0.195. The van der Waals surface area contributed by atoms with E-state index in [1.165, 1.54) is 0 Å². The largest absolute Gasteiger partial charge is 0.423 e. The molecular formula is C15H17N3O2. The molecule has 5 heteroatoms. The summed E-state index contributed by atoms with van der Waals surface area (Å²) >= 11 is 0. The number of benzene rings is 1. The lowest BCUT2D eigenvalue weighted by Gasteiger charge is -2.40. The summed E-state index contributed by atoms with van der Waals surface area (Å²) < 4.78 is 5.82. The molecule has 2 atom stereocenters. The van der Waals surface area contributed by atoms with E-state index in [2.05, 4.69) is 4.98 Å². The highest BCUT2D eigenvalue weighted by Crippen LogP contribution is 2.30. The van der Waals surface area contributed by atoms with Gasteiger partial charge in [0.25, 0.3) is 6.01 Å². The smallest absolute Gasteiger partial charge is 0.299 e. The monoisotopic (exact) mass is 271 g/mol. The quantitative estimate of drug-likeness (QED) is 0.796. The van der Waals surface area contributed by atoms with Crippen LogP contribution in [0.2, 0.25) is 0 Å². The lowest BCUT2D eigenvalue weighted by Crippen LogP contribution is -2.58. The van der Waals surface area contributed by atoms with Crippen LogP contribution in [0.4, 0.5) is 6.01 Å². The van der Waals surface area contributed by atoms with E-state index in [1.807, 2.05) is 41.0 Å². The fourth-order valence-corrected chi connectivity index (χ4v) is 3.30. The summed E-state index contributed by atoms with van der Waals surface area (Å²) in [6.07, 6.45) is 2.18. The Morgan fingerprint density at radius 2 is 2.15 bits per heavy atom. The van der Waals surface area contributed by atoms with Crippen LogP contribution in [0.5, 0.6) is 0 Å². The SMILES string of the molecule is C[C@H]1C(=O)N2CCC[C@@H]2CN1c1nc2ccccc2o1. The summed E-state index contributed by atoms with van der Waals surface area (Å²) in [7, 11) is 0. The lowest BCUT2D eigenvalue weighted by molar-refractivity contribution is -0.135. The van der Waals surface area contributed by atoms with Gasteiger partial charge in [-0.2, -0.15) is 4.98 Å². The second-order valence-corrected chi connectivity index (χ2v) is 5.62. The van der Waals surface area contributed by atoms with Gasteiger partial charge in [0.05, 0.1) is 0 Å². The fourth-order valence-electron chi connectivity index (χ4n) is 3.30. The van der Waals surface area contributed by atoms with Crippen LogP contribution < -0.4 is 4.90 Å². The van der Waals surface area contributed by atoms with Gasteiger partial charge in [-0.1, -0.05) is 12.1 Å². The van der Waals surface area contributed by atoms with Crippen molar-refractivity contribution in [1.29, 1.82) is 0 Å². The molecule has 4 rings (SSSR count). The molecule has 0 radical (unpaired) electrons. The molecule has 0 bridgehead atoms. The normalized spacial score (nSPS) is 26.4. The van der Waals surface area contributed by atoms with Gasteiger partial charge >= 0.3 is 0 Å². The predicted octanol–water partition coefficient (Wildman–Crippen LogP) is 2.03. The Bertz CT molecular complexity index is 633. The maximum Gasteiger partial charge on any atom is 0.299 e. The topological polar surface area (TPSA) is 49.6 Å². The van der Waals surface area contributed by atoms with E-state index in [0.717, 1.165) is 37.0 Å². The molecule has 20 heavy (non-hydrogen) atoms. The Balaban J connectivity index is 1.71. The van der Waals surface area contributed by atoms with E-state index >= 15 is 0 Å². The van der Waals surface area contributed by atoms with Gasteiger partial charge in [0.1, 0.15) is 11.6 Å². The van der Waals surface area contributed by atoms with Crippen LogP contribution in [0.15, 0.2) is 28.7 Å². The van der Waals surface area contributed by atoms with Crippen molar-refractivity contribution in [2.75, 3.05) is 18.0 Å². The molecule has 2 saturated heterocycles. The van der Waals surface area contributed by atoms with Crippen LogP contribution in [-0.4, -0.2) is 41.0 Å². The second kappa shape index (κ2) is 4.23. The highest BCUT2D eigenvalue weighted by Gasteiger charge is 2.41. The van der Waals surface area contributed by atoms with Crippen molar-refractivity contribution in [3.8, 4) is 0 Å². The number of carbonyl (C=O) groups excluding carboxylic acids is 1. The molecule has 1 aromatic carbocycles. The first-order chi connectivity index (χ1) is 9.74. The van der Waals surface area contributed by atoms with E-state index in [0.29, 0.717) is 12.1 Å². The third-order valence-corrected chi connectivity index (χ3v) is 4.42. The Morgan fingerprint density at radius 3 is 3.00 bits per heavy atom. The van der Waals surface area contributed by atoms with Crippen LogP contribution >= 0.6 is 0 Å². The van der Waals surface area contributed by atoms with E-state index in [-0.39, 0.29) is 11.9 Å². The van der Waals surface area contributed by atoms with Crippen LogP contribution in [0.25, 0.3) is 11.1 Å². The molecule has 104 valence electrons. The molecular weight excluding hydrogens is 254 g/mol. The van der Waals surface area contributed by atoms with Gasteiger partial charge in [0, 0.05) is 19.1 Å². The number of oxazole rings is 1. The van der Waals surface area contributed by atoms with Crippen molar-refractivity contribution in [2.45, 2.75) is 31.8 Å². The Labute approximate surface area is 117 Å². The van der Waals surface area contributed by atoms with E-state index in [4.69, 9.17) is 4.42 Å². The molecule has 2 aromatic rings. The number of para-hydroxylation sites is 2. The van der Waals surface area contributed by atoms with Crippen LogP contribution in [0.3, 0.4) is 0 Å². The average molecular weight is 271 g/mol. The fraction of sp³-hybridized carbons (Fsp3) is 0.467. The van der Waals surface area contributed by atoms with Crippen molar-refractivity contribution in [1.82, 2.24) is 9.88 Å². The minimum atomic E-state index is -0.197. The van der Waals surface area contributed by atoms with Crippen LogP contribution in [0, 0.1) is 0 Å². The molecule has 0 spiro atoms. The first-order valence-electron chi connectivity index (χ1n) is 7.17. The average Bonchev–Trinajstić information content (AvgIpc) is 3.08. The number of rotatable bonds is 1. The first-order valence-corrected chi connectivity index (χ1v) is 7.17. The number of amides is 1. The van der Waals surface area contributed by atoms with Gasteiger partial charge in [0.15, 0.2) is 5.58 Å². The number of nitrogens with zero attached hydrogens (tertiary/aromatic N) is 3. The number of hydrogen-bond donors (Lipinski definition) is 0. The minimum Gasteiger partial charge on any atom is -0.423 e. The van der Waals surface area contributed by atoms with Crippen molar-refractivity contribution in [3.63, 3.8) is 0 Å². The second-order valence-electron chi connectivity index (χ2n) is 5.62. The number of carbonyl (C=O) groups is 1. The van der Waals surface area contributed by atoms with Gasteiger partial charge in [-0.25, -0.2) is 0 Å². The van der Waals surface area contributed by atoms with Gasteiger partial charge in [0.2, 0.25) is 5.91 Å². The summed E-state index contributed by atoms with van der Waals surface area (Å²) in [5, 5.41) is 0. The highest BCUT2D eigenvalue weighted by molar-refractivity contribution is 5.87. The van der Waals surface area contributed by atoms with Crippen molar-refractivity contribution >= 4 is 23.0 Å². The molecule has 0 aliphatic carbocycles. The Morgan fingerprint density at radius 1 is 1.30 bits per heavy atom. The van der Waals surface area contributed by atoms with Gasteiger partial charge in [-0.3, -0.25) is 4.79 Å². The van der Waals surface area contributed by atoms with E-state index in [9.17, 15) is 4.79 Å². The summed E-state index contributed by atoms with van der Waals surface area (Å²) in [5.41, 5.74) is 1.62. The third kappa shape index (κ3) is 1.62. The molecule has 1 amide bonds. The molecule has 2 aliphatic heterocycles. The van der Waals surface area contributed by atoms with Gasteiger partial charge in [-0.15, -0.1) is 0 Å². The maximum atomic E-state index is 12.4. The number of aromatic nitrogens is 1. The number of anilines is 1. The molecule has 3 heterocycles. The number of piperazine rings is 1. The molecule has 2 aliphatic rings. The molecule has 0 N–H and O–H groups in total. The highest BCUT2D eigenvalue weighted by atomic mass is 16.4. The number of fused-ring (bicyclic) bond motifs is 2. The van der Waals surface area contributed by atoms with Crippen molar-refractivity contribution in [2.24, 2.45) is 0 Å². The Kier molecular flexibility index (Phi) is 2.49. The summed E-state index contributed by atoms with van der Waals surface area (Å²) in [6, 6.07) is 8.40. The van der Waals surface area contributed by atoms with E-state index in [1.54, 1.807) is 0 Å². The molecule has 5 nitrogen and oxygen atoms in total. The lowest BCUT2D eigenvalue weighted by atomic mass is 10.1. The summed E-state index contributed by atoms with van der Waals surface area (Å²) in [6.45, 7) is 3.65. The number of hydrogen-bond acceptors (Lipinski definition) is 4. The van der Waals surface area contributed by atoms with E-state index < -0.39 is 0 Å². The zero-order chi connectivity index (χ0) is 13.7. The van der Waals surface area contributed by atoms with Crippen LogP contribution in [-0.2, 0) is 4.79 Å². The molecule has 0 unspecified atom stereocenters. The van der Waals surface area contributed by atoms with Gasteiger partial charge < -0.3 is 14.2 Å². The molecule has 0 saturated carbocycles. The zero-order valence-electron chi connectivity index (χ0n) is 11.5.